The first kappa shape index (κ1) is 22.4. The first-order chi connectivity index (χ1) is 15.2. The van der Waals surface area contributed by atoms with E-state index in [0.29, 0.717) is 30.2 Å². The molecule has 2 aliphatic rings. The minimum atomic E-state index is -0.472. The molecule has 0 aliphatic carbocycles. The molecule has 1 aromatic carbocycles. The van der Waals surface area contributed by atoms with Gasteiger partial charge in [-0.15, -0.1) is 10.2 Å². The van der Waals surface area contributed by atoms with Crippen molar-refractivity contribution in [2.24, 2.45) is 11.3 Å². The largest absolute Gasteiger partial charge is 0.341 e. The molecule has 172 valence electrons. The van der Waals surface area contributed by atoms with Crippen LogP contribution in [0.15, 0.2) is 18.2 Å². The third-order valence-electron chi connectivity index (χ3n) is 6.31. The fourth-order valence-electron chi connectivity index (χ4n) is 4.55. The molecule has 0 saturated carbocycles. The summed E-state index contributed by atoms with van der Waals surface area (Å²) in [5.41, 5.74) is 0.397. The van der Waals surface area contributed by atoms with Gasteiger partial charge in [-0.3, -0.25) is 9.59 Å². The number of carbonyl (C=O) groups excluding carboxylic acids is 2. The van der Waals surface area contributed by atoms with Crippen LogP contribution in [0.1, 0.15) is 58.7 Å². The lowest BCUT2D eigenvalue weighted by molar-refractivity contribution is -0.142. The van der Waals surface area contributed by atoms with E-state index in [4.69, 9.17) is 0 Å². The Hall–Kier alpha value is -2.77. The predicted octanol–water partition coefficient (Wildman–Crippen LogP) is 4.03. The summed E-state index contributed by atoms with van der Waals surface area (Å²) in [5, 5.41) is 11.4. The van der Waals surface area contributed by atoms with Crippen molar-refractivity contribution in [2.45, 2.75) is 65.8 Å². The molecule has 4 rings (SSSR count). The maximum atomic E-state index is 14.7. The van der Waals surface area contributed by atoms with Crippen LogP contribution in [0.2, 0.25) is 0 Å². The van der Waals surface area contributed by atoms with Gasteiger partial charge in [-0.1, -0.05) is 27.2 Å². The molecule has 0 radical (unpaired) electrons. The lowest BCUT2D eigenvalue weighted by Gasteiger charge is -2.35. The molecular weight excluding hydrogens is 409 g/mol. The Bertz CT molecular complexity index is 1010. The van der Waals surface area contributed by atoms with E-state index < -0.39 is 5.41 Å². The Kier molecular flexibility index (Phi) is 6.31. The highest BCUT2D eigenvalue weighted by Crippen LogP contribution is 2.29. The van der Waals surface area contributed by atoms with E-state index in [9.17, 15) is 14.0 Å². The molecule has 1 atom stereocenters. The summed E-state index contributed by atoms with van der Waals surface area (Å²) in [7, 11) is 0. The zero-order valence-electron chi connectivity index (χ0n) is 19.2. The molecular formula is C24H32FN5O2. The number of carbonyl (C=O) groups is 2. The van der Waals surface area contributed by atoms with E-state index in [1.165, 1.54) is 6.07 Å². The number of amides is 2. The monoisotopic (exact) mass is 441 g/mol. The molecule has 2 amide bonds. The van der Waals surface area contributed by atoms with Crippen molar-refractivity contribution in [3.05, 3.63) is 29.8 Å². The molecule has 2 aliphatic heterocycles. The molecule has 32 heavy (non-hydrogen) atoms. The highest BCUT2D eigenvalue weighted by atomic mass is 19.1. The number of anilines is 1. The Morgan fingerprint density at radius 3 is 2.69 bits per heavy atom. The standard InChI is InChI=1S/C24H32FN5O2/c1-24(2,3)23(32)29-12-7-8-16(15-29)22(31)26-17-10-11-19(25)18(14-17)21-28-27-20-9-5-4-6-13-30(20)21/h10-11,14,16H,4-9,12-13,15H2,1-3H3,(H,26,31). The van der Waals surface area contributed by atoms with Crippen LogP contribution >= 0.6 is 0 Å². The molecule has 1 fully saturated rings. The van der Waals surface area contributed by atoms with E-state index >= 15 is 0 Å². The number of hydrogen-bond donors (Lipinski definition) is 1. The van der Waals surface area contributed by atoms with Gasteiger partial charge in [-0.2, -0.15) is 0 Å². The highest BCUT2D eigenvalue weighted by molar-refractivity contribution is 5.94. The molecule has 0 bridgehead atoms. The fourth-order valence-corrected chi connectivity index (χ4v) is 4.55. The number of nitrogens with zero attached hydrogens (tertiary/aromatic N) is 4. The van der Waals surface area contributed by atoms with Gasteiger partial charge >= 0.3 is 0 Å². The van der Waals surface area contributed by atoms with E-state index in [1.54, 1.807) is 17.0 Å². The van der Waals surface area contributed by atoms with Gasteiger partial charge < -0.3 is 14.8 Å². The molecule has 1 N–H and O–H groups in total. The van der Waals surface area contributed by atoms with E-state index in [-0.39, 0.29) is 23.5 Å². The van der Waals surface area contributed by atoms with Crippen LogP contribution in [0.4, 0.5) is 10.1 Å². The van der Waals surface area contributed by atoms with E-state index in [2.05, 4.69) is 15.5 Å². The summed E-state index contributed by atoms with van der Waals surface area (Å²) in [5.74, 6) is 0.642. The van der Waals surface area contributed by atoms with Gasteiger partial charge in [0.25, 0.3) is 0 Å². The number of aromatic nitrogens is 3. The van der Waals surface area contributed by atoms with Gasteiger partial charge in [0.05, 0.1) is 11.5 Å². The summed E-state index contributed by atoms with van der Waals surface area (Å²) in [6.07, 6.45) is 5.56. The Labute approximate surface area is 188 Å². The Balaban J connectivity index is 1.50. The van der Waals surface area contributed by atoms with Gasteiger partial charge in [0.1, 0.15) is 11.6 Å². The van der Waals surface area contributed by atoms with Gasteiger partial charge in [-0.25, -0.2) is 4.39 Å². The van der Waals surface area contributed by atoms with Gasteiger partial charge in [0.2, 0.25) is 11.8 Å². The molecule has 1 saturated heterocycles. The first-order valence-corrected chi connectivity index (χ1v) is 11.6. The van der Waals surface area contributed by atoms with Crippen molar-refractivity contribution in [2.75, 3.05) is 18.4 Å². The minimum absolute atomic E-state index is 0.0616. The number of benzene rings is 1. The van der Waals surface area contributed by atoms with Crippen molar-refractivity contribution in [3.8, 4) is 11.4 Å². The molecule has 8 heteroatoms. The third kappa shape index (κ3) is 4.69. The van der Waals surface area contributed by atoms with Crippen LogP contribution in [-0.4, -0.2) is 44.6 Å². The number of aryl methyl sites for hydroxylation is 1. The summed E-state index contributed by atoms with van der Waals surface area (Å²) in [6.45, 7) is 7.54. The van der Waals surface area contributed by atoms with Gasteiger partial charge in [0, 0.05) is 37.2 Å². The van der Waals surface area contributed by atoms with Crippen LogP contribution in [0.3, 0.4) is 0 Å². The average Bonchev–Trinajstić information content (AvgIpc) is 3.01. The number of likely N-dealkylation sites (tertiary alicyclic amines) is 1. The summed E-state index contributed by atoms with van der Waals surface area (Å²) in [6, 6.07) is 4.56. The fraction of sp³-hybridized carbons (Fsp3) is 0.583. The Morgan fingerprint density at radius 1 is 1.09 bits per heavy atom. The summed E-state index contributed by atoms with van der Waals surface area (Å²) >= 11 is 0. The molecule has 3 heterocycles. The van der Waals surface area contributed by atoms with Gasteiger partial charge in [0.15, 0.2) is 5.82 Å². The zero-order valence-corrected chi connectivity index (χ0v) is 19.2. The lowest BCUT2D eigenvalue weighted by Crippen LogP contribution is -2.47. The molecule has 1 unspecified atom stereocenters. The van der Waals surface area contributed by atoms with Crippen LogP contribution in [0.25, 0.3) is 11.4 Å². The molecule has 0 spiro atoms. The lowest BCUT2D eigenvalue weighted by atomic mass is 9.91. The minimum Gasteiger partial charge on any atom is -0.341 e. The first-order valence-electron chi connectivity index (χ1n) is 11.6. The van der Waals surface area contributed by atoms with Crippen LogP contribution in [-0.2, 0) is 22.6 Å². The number of halogens is 1. The topological polar surface area (TPSA) is 80.1 Å². The second kappa shape index (κ2) is 9.00. The Morgan fingerprint density at radius 2 is 1.91 bits per heavy atom. The highest BCUT2D eigenvalue weighted by Gasteiger charge is 2.33. The average molecular weight is 442 g/mol. The number of nitrogens with one attached hydrogen (secondary N) is 1. The maximum absolute atomic E-state index is 14.7. The zero-order chi connectivity index (χ0) is 22.9. The van der Waals surface area contributed by atoms with E-state index in [0.717, 1.165) is 50.9 Å². The van der Waals surface area contributed by atoms with Crippen LogP contribution in [0, 0.1) is 17.2 Å². The smallest absolute Gasteiger partial charge is 0.229 e. The maximum Gasteiger partial charge on any atom is 0.229 e. The van der Waals surface area contributed by atoms with E-state index in [1.807, 2.05) is 25.3 Å². The van der Waals surface area contributed by atoms with Crippen LogP contribution < -0.4 is 5.32 Å². The number of fused-ring (bicyclic) bond motifs is 1. The number of rotatable bonds is 3. The second-order valence-electron chi connectivity index (χ2n) is 9.93. The molecule has 2 aromatic rings. The third-order valence-corrected chi connectivity index (χ3v) is 6.31. The van der Waals surface area contributed by atoms with Crippen molar-refractivity contribution < 1.29 is 14.0 Å². The van der Waals surface area contributed by atoms with Crippen molar-refractivity contribution >= 4 is 17.5 Å². The quantitative estimate of drug-likeness (QED) is 0.780. The summed E-state index contributed by atoms with van der Waals surface area (Å²) in [4.78, 5) is 27.4. The van der Waals surface area contributed by atoms with Crippen molar-refractivity contribution in [3.63, 3.8) is 0 Å². The molecule has 7 nitrogen and oxygen atoms in total. The van der Waals surface area contributed by atoms with Crippen LogP contribution in [0.5, 0.6) is 0 Å². The number of piperidine rings is 1. The second-order valence-corrected chi connectivity index (χ2v) is 9.93. The molecule has 1 aromatic heterocycles. The summed E-state index contributed by atoms with van der Waals surface area (Å²) < 4.78 is 16.7. The SMILES string of the molecule is CC(C)(C)C(=O)N1CCCC(C(=O)Nc2ccc(F)c(-c3nnc4n3CCCCC4)c2)C1. The van der Waals surface area contributed by atoms with Gasteiger partial charge in [-0.05, 0) is 43.9 Å². The van der Waals surface area contributed by atoms with Crippen molar-refractivity contribution in [1.82, 2.24) is 19.7 Å². The number of hydrogen-bond acceptors (Lipinski definition) is 4. The predicted molar refractivity (Wildman–Crippen MR) is 120 cm³/mol. The van der Waals surface area contributed by atoms with Crippen molar-refractivity contribution in [1.29, 1.82) is 0 Å². The normalized spacial score (nSPS) is 19.2.